The van der Waals surface area contributed by atoms with Crippen LogP contribution in [0.5, 0.6) is 0 Å². The van der Waals surface area contributed by atoms with Crippen LogP contribution in [-0.2, 0) is 6.42 Å². The van der Waals surface area contributed by atoms with E-state index in [1.165, 1.54) is 5.56 Å². The summed E-state index contributed by atoms with van der Waals surface area (Å²) >= 11 is 3.57. The van der Waals surface area contributed by atoms with Gasteiger partial charge in [-0.1, -0.05) is 40.2 Å². The predicted molar refractivity (Wildman–Crippen MR) is 97.1 cm³/mol. The summed E-state index contributed by atoms with van der Waals surface area (Å²) in [4.78, 5) is 4.96. The molecule has 0 saturated heterocycles. The molecular formula is C19H16BrN3. The van der Waals surface area contributed by atoms with Crippen molar-refractivity contribution in [1.29, 1.82) is 0 Å². The van der Waals surface area contributed by atoms with Crippen molar-refractivity contribution in [3.05, 3.63) is 69.8 Å². The van der Waals surface area contributed by atoms with Crippen LogP contribution in [-0.4, -0.2) is 21.4 Å². The molecule has 0 N–H and O–H groups in total. The average Bonchev–Trinajstić information content (AvgIpc) is 2.52. The molecule has 1 aliphatic heterocycles. The molecule has 3 nitrogen and oxygen atoms in total. The van der Waals surface area contributed by atoms with Crippen molar-refractivity contribution >= 4 is 32.5 Å². The average molecular weight is 366 g/mol. The van der Waals surface area contributed by atoms with Gasteiger partial charge >= 0.3 is 0 Å². The van der Waals surface area contributed by atoms with Crippen molar-refractivity contribution in [3.8, 4) is 0 Å². The van der Waals surface area contributed by atoms with Crippen LogP contribution in [0, 0.1) is 0 Å². The molecule has 114 valence electrons. The van der Waals surface area contributed by atoms with Crippen LogP contribution in [0.2, 0.25) is 0 Å². The summed E-state index contributed by atoms with van der Waals surface area (Å²) in [6.45, 7) is 4.32. The highest BCUT2D eigenvalue weighted by Crippen LogP contribution is 2.31. The summed E-state index contributed by atoms with van der Waals surface area (Å²) in [5.41, 5.74) is 4.97. The zero-order valence-electron chi connectivity index (χ0n) is 13.0. The van der Waals surface area contributed by atoms with Crippen LogP contribution in [0.3, 0.4) is 0 Å². The number of aliphatic imine (C=N–C) groups is 1. The van der Waals surface area contributed by atoms with Gasteiger partial charge in [-0.15, -0.1) is 10.2 Å². The Morgan fingerprint density at radius 3 is 2.70 bits per heavy atom. The molecular weight excluding hydrogens is 350 g/mol. The van der Waals surface area contributed by atoms with Crippen molar-refractivity contribution in [2.75, 3.05) is 0 Å². The molecule has 0 saturated carbocycles. The lowest BCUT2D eigenvalue weighted by molar-refractivity contribution is 0.513. The Morgan fingerprint density at radius 2 is 1.83 bits per heavy atom. The fourth-order valence-corrected chi connectivity index (χ4v) is 3.51. The van der Waals surface area contributed by atoms with Crippen molar-refractivity contribution < 1.29 is 0 Å². The molecule has 0 radical (unpaired) electrons. The quantitative estimate of drug-likeness (QED) is 0.633. The fraction of sp³-hybridized carbons (Fsp3) is 0.211. The van der Waals surface area contributed by atoms with Gasteiger partial charge in [0.25, 0.3) is 0 Å². The lowest BCUT2D eigenvalue weighted by atomic mass is 9.86. The van der Waals surface area contributed by atoms with Crippen molar-refractivity contribution in [1.82, 2.24) is 10.2 Å². The van der Waals surface area contributed by atoms with E-state index in [2.05, 4.69) is 70.3 Å². The minimum Gasteiger partial charge on any atom is -0.276 e. The third-order valence-corrected chi connectivity index (χ3v) is 4.59. The second kappa shape index (κ2) is 5.24. The smallest absolute Gasteiger partial charge is 0.112 e. The Labute approximate surface area is 143 Å². The van der Waals surface area contributed by atoms with Gasteiger partial charge in [-0.2, -0.15) is 0 Å². The number of hydrogen-bond donors (Lipinski definition) is 0. The van der Waals surface area contributed by atoms with Crippen molar-refractivity contribution in [2.45, 2.75) is 25.8 Å². The summed E-state index contributed by atoms with van der Waals surface area (Å²) in [5.74, 6) is 0. The Kier molecular flexibility index (Phi) is 3.31. The molecule has 0 unspecified atom stereocenters. The fourth-order valence-electron chi connectivity index (χ4n) is 3.10. The van der Waals surface area contributed by atoms with Gasteiger partial charge in [-0.05, 0) is 50.1 Å². The Balaban J connectivity index is 1.93. The molecule has 0 spiro atoms. The molecule has 0 bridgehead atoms. The maximum Gasteiger partial charge on any atom is 0.112 e. The first kappa shape index (κ1) is 14.5. The maximum atomic E-state index is 4.96. The van der Waals surface area contributed by atoms with Crippen LogP contribution in [0.15, 0.2) is 58.0 Å². The van der Waals surface area contributed by atoms with E-state index in [1.54, 1.807) is 0 Å². The third-order valence-electron chi connectivity index (χ3n) is 4.10. The van der Waals surface area contributed by atoms with Crippen LogP contribution in [0.1, 0.15) is 30.7 Å². The maximum absolute atomic E-state index is 4.96. The molecule has 2 heterocycles. The Hall–Kier alpha value is -2.07. The zero-order chi connectivity index (χ0) is 16.0. The highest BCUT2D eigenvalue weighted by atomic mass is 79.9. The van der Waals surface area contributed by atoms with Gasteiger partial charge in [0, 0.05) is 15.4 Å². The molecule has 1 aliphatic rings. The second-order valence-electron chi connectivity index (χ2n) is 6.54. The number of fused-ring (bicyclic) bond motifs is 2. The molecule has 4 heteroatoms. The van der Waals surface area contributed by atoms with Gasteiger partial charge in [-0.25, -0.2) is 0 Å². The van der Waals surface area contributed by atoms with Crippen molar-refractivity contribution in [2.24, 2.45) is 4.99 Å². The van der Waals surface area contributed by atoms with E-state index in [-0.39, 0.29) is 5.54 Å². The second-order valence-corrected chi connectivity index (χ2v) is 7.46. The molecule has 0 aliphatic carbocycles. The van der Waals surface area contributed by atoms with Crippen LogP contribution in [0.4, 0.5) is 0 Å². The van der Waals surface area contributed by atoms with E-state index in [0.29, 0.717) is 0 Å². The standard InChI is InChI=1S/C19H16BrN3/c1-19(2)11-13-9-14(20)7-8-15(13)18(21-19)17-10-12-5-3-4-6-16(12)22-23-17/h3-10H,11H2,1-2H3. The van der Waals surface area contributed by atoms with Gasteiger partial charge in [-0.3, -0.25) is 4.99 Å². The molecule has 3 aromatic rings. The Morgan fingerprint density at radius 1 is 1.00 bits per heavy atom. The van der Waals surface area contributed by atoms with Crippen molar-refractivity contribution in [3.63, 3.8) is 0 Å². The minimum atomic E-state index is -0.142. The number of rotatable bonds is 1. The van der Waals surface area contributed by atoms with Crippen LogP contribution in [0.25, 0.3) is 10.9 Å². The lowest BCUT2D eigenvalue weighted by Crippen LogP contribution is -2.29. The molecule has 0 atom stereocenters. The summed E-state index contributed by atoms with van der Waals surface area (Å²) < 4.78 is 1.10. The minimum absolute atomic E-state index is 0.142. The van der Waals surface area contributed by atoms with E-state index >= 15 is 0 Å². The largest absolute Gasteiger partial charge is 0.276 e. The number of halogens is 1. The van der Waals surface area contributed by atoms with E-state index in [1.807, 2.05) is 18.2 Å². The van der Waals surface area contributed by atoms with Gasteiger partial charge in [0.05, 0.1) is 16.8 Å². The topological polar surface area (TPSA) is 38.1 Å². The zero-order valence-corrected chi connectivity index (χ0v) is 14.6. The van der Waals surface area contributed by atoms with Crippen LogP contribution >= 0.6 is 15.9 Å². The lowest BCUT2D eigenvalue weighted by Gasteiger charge is -2.29. The van der Waals surface area contributed by atoms with E-state index in [9.17, 15) is 0 Å². The summed E-state index contributed by atoms with van der Waals surface area (Å²) in [7, 11) is 0. The van der Waals surface area contributed by atoms with E-state index < -0.39 is 0 Å². The van der Waals surface area contributed by atoms with Gasteiger partial charge in [0.15, 0.2) is 0 Å². The molecule has 4 rings (SSSR count). The first-order valence-electron chi connectivity index (χ1n) is 7.63. The molecule has 2 aromatic carbocycles. The molecule has 1 aromatic heterocycles. The summed E-state index contributed by atoms with van der Waals surface area (Å²) in [6.07, 6.45) is 0.923. The normalized spacial score (nSPS) is 16.0. The van der Waals surface area contributed by atoms with E-state index in [0.717, 1.165) is 38.8 Å². The van der Waals surface area contributed by atoms with Gasteiger partial charge < -0.3 is 0 Å². The van der Waals surface area contributed by atoms with Gasteiger partial charge in [0.2, 0.25) is 0 Å². The van der Waals surface area contributed by atoms with Crippen LogP contribution < -0.4 is 0 Å². The number of benzene rings is 2. The monoisotopic (exact) mass is 365 g/mol. The highest BCUT2D eigenvalue weighted by molar-refractivity contribution is 9.10. The third kappa shape index (κ3) is 2.68. The highest BCUT2D eigenvalue weighted by Gasteiger charge is 2.28. The predicted octanol–water partition coefficient (Wildman–Crippen LogP) is 4.56. The first-order valence-corrected chi connectivity index (χ1v) is 8.43. The summed E-state index contributed by atoms with van der Waals surface area (Å²) in [5, 5.41) is 9.86. The first-order chi connectivity index (χ1) is 11.0. The Bertz CT molecular complexity index is 944. The number of hydrogen-bond acceptors (Lipinski definition) is 3. The molecule has 0 amide bonds. The molecule has 23 heavy (non-hydrogen) atoms. The number of aromatic nitrogens is 2. The SMILES string of the molecule is CC1(C)Cc2cc(Br)ccc2C(c2cc3ccccc3nn2)=N1. The molecule has 0 fully saturated rings. The van der Waals surface area contributed by atoms with Gasteiger partial charge in [0.1, 0.15) is 5.69 Å². The number of nitrogens with zero attached hydrogens (tertiary/aromatic N) is 3. The van der Waals surface area contributed by atoms with E-state index in [4.69, 9.17) is 4.99 Å². The summed E-state index contributed by atoms with van der Waals surface area (Å²) in [6, 6.07) is 16.5.